The second kappa shape index (κ2) is 5.54. The Bertz CT molecular complexity index is 373. The summed E-state index contributed by atoms with van der Waals surface area (Å²) in [5.74, 6) is 0. The van der Waals surface area contributed by atoms with E-state index in [-0.39, 0.29) is 6.32 Å². The average Bonchev–Trinajstić information content (AvgIpc) is 2.43. The molecule has 2 nitrogen and oxygen atoms in total. The summed E-state index contributed by atoms with van der Waals surface area (Å²) in [6.07, 6.45) is -14.7. The molecule has 22 heavy (non-hydrogen) atoms. The second-order valence-corrected chi connectivity index (χ2v) is 6.37. The summed E-state index contributed by atoms with van der Waals surface area (Å²) in [4.78, 5) is 0. The van der Waals surface area contributed by atoms with Crippen LogP contribution in [0.4, 0.5) is 30.7 Å². The fraction of sp³-hybridized carbons (Fsp3) is 1.00. The first-order valence-electron chi connectivity index (χ1n) is 6.71. The molecule has 0 N–H and O–H groups in total. The summed E-state index contributed by atoms with van der Waals surface area (Å²) < 4.78 is 98.7. The first-order valence-corrected chi connectivity index (χ1v) is 6.71. The van der Waals surface area contributed by atoms with E-state index in [1.165, 1.54) is 0 Å². The highest BCUT2D eigenvalue weighted by atomic mass is 19.4. The van der Waals surface area contributed by atoms with E-state index in [9.17, 15) is 30.7 Å². The van der Waals surface area contributed by atoms with Crippen molar-refractivity contribution in [1.82, 2.24) is 0 Å². The van der Waals surface area contributed by atoms with Gasteiger partial charge in [-0.2, -0.15) is 26.3 Å². The Labute approximate surface area is 124 Å². The first-order chi connectivity index (χ1) is 9.54. The smallest absolute Gasteiger partial charge is 0.403 e. The molecular weight excluding hydrogens is 320 g/mol. The van der Waals surface area contributed by atoms with Crippen LogP contribution in [0.5, 0.6) is 0 Å². The van der Waals surface area contributed by atoms with Crippen molar-refractivity contribution in [3.05, 3.63) is 0 Å². The molecule has 0 radical (unpaired) electrons. The average molecular weight is 338 g/mol. The van der Waals surface area contributed by atoms with Crippen LogP contribution < -0.4 is 0 Å². The highest BCUT2D eigenvalue weighted by Crippen LogP contribution is 2.49. The third-order valence-electron chi connectivity index (χ3n) is 4.16. The predicted octanol–water partition coefficient (Wildman–Crippen LogP) is 4.69. The lowest BCUT2D eigenvalue weighted by Gasteiger charge is -2.32. The highest BCUT2D eigenvalue weighted by molar-refractivity contribution is 6.45. The van der Waals surface area contributed by atoms with Gasteiger partial charge in [0.25, 0.3) is 5.67 Å². The van der Waals surface area contributed by atoms with Crippen LogP contribution in [-0.2, 0) is 9.31 Å². The van der Waals surface area contributed by atoms with Crippen LogP contribution in [0.15, 0.2) is 0 Å². The zero-order valence-corrected chi connectivity index (χ0v) is 12.7. The van der Waals surface area contributed by atoms with Gasteiger partial charge in [0.1, 0.15) is 0 Å². The molecule has 1 rings (SSSR count). The van der Waals surface area contributed by atoms with Crippen molar-refractivity contribution < 1.29 is 40.0 Å². The molecular formula is C12H18BF7O2. The normalized spacial score (nSPS) is 22.2. The standard InChI is InChI=1S/C12H18BF7O2/c1-8(2)9(3,4)22-13(21-8)7-5-6-10(14,11(15,16)17)12(18,19)20/h5-7H2,1-4H3. The molecule has 0 aliphatic carbocycles. The number of hydrogen-bond donors (Lipinski definition) is 0. The maximum Gasteiger partial charge on any atom is 0.457 e. The van der Waals surface area contributed by atoms with E-state index < -0.39 is 49.2 Å². The Hall–Kier alpha value is -0.505. The molecule has 1 heterocycles. The lowest BCUT2D eigenvalue weighted by molar-refractivity contribution is -0.343. The highest BCUT2D eigenvalue weighted by Gasteiger charge is 2.71. The van der Waals surface area contributed by atoms with Crippen LogP contribution in [0, 0.1) is 0 Å². The predicted molar refractivity (Wildman–Crippen MR) is 66.1 cm³/mol. The summed E-state index contributed by atoms with van der Waals surface area (Å²) in [5, 5.41) is 0. The second-order valence-electron chi connectivity index (χ2n) is 6.37. The maximum atomic E-state index is 13.5. The van der Waals surface area contributed by atoms with Gasteiger partial charge in [-0.1, -0.05) is 6.42 Å². The summed E-state index contributed by atoms with van der Waals surface area (Å²) >= 11 is 0. The van der Waals surface area contributed by atoms with Crippen molar-refractivity contribution in [2.24, 2.45) is 0 Å². The monoisotopic (exact) mass is 338 g/mol. The van der Waals surface area contributed by atoms with Gasteiger partial charge < -0.3 is 9.31 Å². The molecule has 1 aliphatic rings. The summed E-state index contributed by atoms with van der Waals surface area (Å²) in [7, 11) is -0.962. The Morgan fingerprint density at radius 2 is 1.14 bits per heavy atom. The van der Waals surface area contributed by atoms with Gasteiger partial charge in [-0.25, -0.2) is 4.39 Å². The lowest BCUT2D eigenvalue weighted by atomic mass is 9.80. The minimum Gasteiger partial charge on any atom is -0.403 e. The molecule has 0 spiro atoms. The van der Waals surface area contributed by atoms with Crippen LogP contribution in [0.2, 0.25) is 6.32 Å². The molecule has 1 aliphatic heterocycles. The van der Waals surface area contributed by atoms with E-state index in [4.69, 9.17) is 9.31 Å². The van der Waals surface area contributed by atoms with Crippen LogP contribution in [0.25, 0.3) is 0 Å². The van der Waals surface area contributed by atoms with Crippen molar-refractivity contribution in [2.45, 2.75) is 76.1 Å². The van der Waals surface area contributed by atoms with E-state index in [1.807, 2.05) is 0 Å². The van der Waals surface area contributed by atoms with Gasteiger partial charge in [0, 0.05) is 0 Å². The van der Waals surface area contributed by atoms with Crippen LogP contribution in [0.3, 0.4) is 0 Å². The largest absolute Gasteiger partial charge is 0.457 e. The fourth-order valence-electron chi connectivity index (χ4n) is 2.04. The minimum atomic E-state index is -6.01. The van der Waals surface area contributed by atoms with Crippen molar-refractivity contribution in [3.8, 4) is 0 Å². The van der Waals surface area contributed by atoms with Crippen molar-refractivity contribution in [2.75, 3.05) is 0 Å². The Kier molecular flexibility index (Phi) is 4.92. The number of alkyl halides is 7. The van der Waals surface area contributed by atoms with Crippen LogP contribution in [0.1, 0.15) is 40.5 Å². The summed E-state index contributed by atoms with van der Waals surface area (Å²) in [6, 6.07) is 0. The Morgan fingerprint density at radius 1 is 0.773 bits per heavy atom. The van der Waals surface area contributed by atoms with E-state index in [0.29, 0.717) is 0 Å². The van der Waals surface area contributed by atoms with E-state index in [1.54, 1.807) is 27.7 Å². The molecule has 0 amide bonds. The Morgan fingerprint density at radius 3 is 1.45 bits per heavy atom. The van der Waals surface area contributed by atoms with Gasteiger partial charge in [0.15, 0.2) is 0 Å². The van der Waals surface area contributed by atoms with Gasteiger partial charge >= 0.3 is 19.5 Å². The third-order valence-corrected chi connectivity index (χ3v) is 4.16. The maximum absolute atomic E-state index is 13.5. The lowest BCUT2D eigenvalue weighted by Crippen LogP contribution is -2.53. The third kappa shape index (κ3) is 3.52. The van der Waals surface area contributed by atoms with Crippen molar-refractivity contribution >= 4 is 7.12 Å². The molecule has 10 heteroatoms. The molecule has 1 saturated heterocycles. The molecule has 0 aromatic heterocycles. The Balaban J connectivity index is 2.67. The number of halogens is 7. The zero-order chi connectivity index (χ0) is 17.6. The fourth-order valence-corrected chi connectivity index (χ4v) is 2.04. The molecule has 1 fully saturated rings. The van der Waals surface area contributed by atoms with Gasteiger partial charge in [0.05, 0.1) is 11.2 Å². The first kappa shape index (κ1) is 19.5. The SMILES string of the molecule is CC1(C)OB(CCCC(F)(C(F)(F)F)C(F)(F)F)OC1(C)C. The summed E-state index contributed by atoms with van der Waals surface area (Å²) in [6.45, 7) is 6.77. The molecule has 0 aromatic rings. The number of hydrogen-bond acceptors (Lipinski definition) is 2. The molecule has 0 saturated carbocycles. The molecule has 0 bridgehead atoms. The molecule has 0 unspecified atom stereocenters. The van der Waals surface area contributed by atoms with E-state index in [2.05, 4.69) is 0 Å². The molecule has 0 aromatic carbocycles. The van der Waals surface area contributed by atoms with E-state index >= 15 is 0 Å². The minimum absolute atomic E-state index is 0.259. The van der Waals surface area contributed by atoms with Crippen LogP contribution >= 0.6 is 0 Å². The van der Waals surface area contributed by atoms with Crippen molar-refractivity contribution in [3.63, 3.8) is 0 Å². The summed E-state index contributed by atoms with van der Waals surface area (Å²) in [5.41, 5.74) is -6.72. The molecule has 0 atom stereocenters. The molecule has 130 valence electrons. The van der Waals surface area contributed by atoms with Gasteiger partial charge in [-0.15, -0.1) is 0 Å². The zero-order valence-electron chi connectivity index (χ0n) is 12.7. The van der Waals surface area contributed by atoms with Crippen LogP contribution in [-0.4, -0.2) is 36.3 Å². The van der Waals surface area contributed by atoms with E-state index in [0.717, 1.165) is 0 Å². The van der Waals surface area contributed by atoms with Gasteiger partial charge in [0.2, 0.25) is 0 Å². The number of rotatable bonds is 4. The van der Waals surface area contributed by atoms with Gasteiger partial charge in [-0.3, -0.25) is 0 Å². The van der Waals surface area contributed by atoms with Crippen molar-refractivity contribution in [1.29, 1.82) is 0 Å². The van der Waals surface area contributed by atoms with Gasteiger partial charge in [-0.05, 0) is 40.4 Å². The topological polar surface area (TPSA) is 18.5 Å². The quantitative estimate of drug-likeness (QED) is 0.547.